The molecule has 0 aromatic rings. The third kappa shape index (κ3) is 1.84. The van der Waals surface area contributed by atoms with Gasteiger partial charge >= 0.3 is 0 Å². The van der Waals surface area contributed by atoms with Crippen LogP contribution in [0.25, 0.3) is 0 Å². The first-order chi connectivity index (χ1) is 5.29. The average Bonchev–Trinajstić information content (AvgIpc) is 2.63. The van der Waals surface area contributed by atoms with Gasteiger partial charge in [0.25, 0.3) is 0 Å². The van der Waals surface area contributed by atoms with Crippen LogP contribution in [0.1, 0.15) is 54.4 Å². The van der Waals surface area contributed by atoms with E-state index in [0.717, 1.165) is 11.8 Å². The summed E-state index contributed by atoms with van der Waals surface area (Å²) in [4.78, 5) is 0. The van der Waals surface area contributed by atoms with Crippen LogP contribution < -0.4 is 0 Å². The molecule has 0 saturated heterocycles. The molecule has 0 nitrogen and oxygen atoms in total. The van der Waals surface area contributed by atoms with E-state index >= 15 is 0 Å². The molecule has 0 spiro atoms. The second kappa shape index (κ2) is 2.75. The molecule has 1 aliphatic rings. The van der Waals surface area contributed by atoms with Crippen LogP contribution in [0.5, 0.6) is 0 Å². The second-order valence-electron chi connectivity index (χ2n) is 6.16. The Morgan fingerprint density at radius 1 is 1.00 bits per heavy atom. The van der Waals surface area contributed by atoms with Crippen LogP contribution in [0.2, 0.25) is 0 Å². The maximum Gasteiger partial charge on any atom is -0.0326 e. The molecule has 0 amide bonds. The standard InChI is InChI=1S/C12H24/c1-7-12(5,6)10-8-9(10)11(2,3)4/h9-10H,7-8H2,1-6H3. The third-order valence-electron chi connectivity index (χ3n) is 3.82. The van der Waals surface area contributed by atoms with Crippen molar-refractivity contribution in [1.82, 2.24) is 0 Å². The fourth-order valence-corrected chi connectivity index (χ4v) is 2.28. The van der Waals surface area contributed by atoms with Crippen molar-refractivity contribution in [2.45, 2.75) is 54.4 Å². The van der Waals surface area contributed by atoms with Crippen molar-refractivity contribution in [3.8, 4) is 0 Å². The molecule has 1 fully saturated rings. The molecule has 0 heterocycles. The maximum atomic E-state index is 2.42. The van der Waals surface area contributed by atoms with E-state index in [1.807, 2.05) is 0 Å². The topological polar surface area (TPSA) is 0 Å². The molecule has 72 valence electrons. The maximum absolute atomic E-state index is 2.42. The highest BCUT2D eigenvalue weighted by molar-refractivity contribution is 5.00. The average molecular weight is 168 g/mol. The molecule has 2 atom stereocenters. The summed E-state index contributed by atoms with van der Waals surface area (Å²) in [5, 5.41) is 0. The number of hydrogen-bond acceptors (Lipinski definition) is 0. The van der Waals surface area contributed by atoms with Gasteiger partial charge in [0, 0.05) is 0 Å². The smallest absolute Gasteiger partial charge is 0.0326 e. The van der Waals surface area contributed by atoms with E-state index in [-0.39, 0.29) is 0 Å². The summed E-state index contributed by atoms with van der Waals surface area (Å²) in [6, 6.07) is 0. The first-order valence-electron chi connectivity index (χ1n) is 5.29. The van der Waals surface area contributed by atoms with Crippen molar-refractivity contribution >= 4 is 0 Å². The first kappa shape index (κ1) is 10.1. The van der Waals surface area contributed by atoms with Crippen LogP contribution in [0.3, 0.4) is 0 Å². The SMILES string of the molecule is CCC(C)(C)C1CC1C(C)(C)C. The first-order valence-corrected chi connectivity index (χ1v) is 5.29. The van der Waals surface area contributed by atoms with Gasteiger partial charge in [-0.15, -0.1) is 0 Å². The van der Waals surface area contributed by atoms with E-state index in [0.29, 0.717) is 10.8 Å². The highest BCUT2D eigenvalue weighted by atomic mass is 14.6. The molecule has 0 N–H and O–H groups in total. The Morgan fingerprint density at radius 3 is 1.75 bits per heavy atom. The number of rotatable bonds is 2. The molecule has 0 bridgehead atoms. The van der Waals surface area contributed by atoms with Gasteiger partial charge in [-0.3, -0.25) is 0 Å². The lowest BCUT2D eigenvalue weighted by Crippen LogP contribution is -2.18. The summed E-state index contributed by atoms with van der Waals surface area (Å²) in [5.74, 6) is 1.97. The van der Waals surface area contributed by atoms with Crippen molar-refractivity contribution in [3.05, 3.63) is 0 Å². The molecule has 2 unspecified atom stereocenters. The van der Waals surface area contributed by atoms with Crippen molar-refractivity contribution in [1.29, 1.82) is 0 Å². The molecule has 0 radical (unpaired) electrons. The predicted octanol–water partition coefficient (Wildman–Crippen LogP) is 4.10. The van der Waals surface area contributed by atoms with Gasteiger partial charge < -0.3 is 0 Å². The lowest BCUT2D eigenvalue weighted by atomic mass is 9.79. The molecule has 0 aliphatic heterocycles. The van der Waals surface area contributed by atoms with E-state index < -0.39 is 0 Å². The fraction of sp³-hybridized carbons (Fsp3) is 1.00. The molecule has 1 aliphatic carbocycles. The van der Waals surface area contributed by atoms with Crippen molar-refractivity contribution in [3.63, 3.8) is 0 Å². The Hall–Kier alpha value is 0. The Labute approximate surface area is 77.7 Å². The second-order valence-corrected chi connectivity index (χ2v) is 6.16. The van der Waals surface area contributed by atoms with Gasteiger partial charge in [0.05, 0.1) is 0 Å². The Morgan fingerprint density at radius 2 is 1.50 bits per heavy atom. The monoisotopic (exact) mass is 168 g/mol. The lowest BCUT2D eigenvalue weighted by Gasteiger charge is -2.27. The predicted molar refractivity (Wildman–Crippen MR) is 55.1 cm³/mol. The summed E-state index contributed by atoms with van der Waals surface area (Å²) in [7, 11) is 0. The molecular formula is C12H24. The highest BCUT2D eigenvalue weighted by Crippen LogP contribution is 2.59. The normalized spacial score (nSPS) is 30.5. The van der Waals surface area contributed by atoms with Gasteiger partial charge in [-0.2, -0.15) is 0 Å². The van der Waals surface area contributed by atoms with Gasteiger partial charge in [0.1, 0.15) is 0 Å². The molecule has 12 heavy (non-hydrogen) atoms. The fourth-order valence-electron chi connectivity index (χ4n) is 2.28. The van der Waals surface area contributed by atoms with Gasteiger partial charge in [-0.1, -0.05) is 48.0 Å². The Kier molecular flexibility index (Phi) is 2.31. The van der Waals surface area contributed by atoms with E-state index in [1.165, 1.54) is 12.8 Å². The minimum atomic E-state index is 0.539. The minimum Gasteiger partial charge on any atom is -0.0649 e. The summed E-state index contributed by atoms with van der Waals surface area (Å²) < 4.78 is 0. The van der Waals surface area contributed by atoms with Crippen molar-refractivity contribution < 1.29 is 0 Å². The summed E-state index contributed by atoms with van der Waals surface area (Å²) in [5.41, 5.74) is 1.12. The van der Waals surface area contributed by atoms with Gasteiger partial charge in [-0.25, -0.2) is 0 Å². The Balaban J connectivity index is 2.53. The van der Waals surface area contributed by atoms with E-state index in [4.69, 9.17) is 0 Å². The molecule has 0 aromatic heterocycles. The van der Waals surface area contributed by atoms with Gasteiger partial charge in [-0.05, 0) is 29.1 Å². The summed E-state index contributed by atoms with van der Waals surface area (Å²) >= 11 is 0. The zero-order chi connectivity index (χ0) is 9.57. The van der Waals surface area contributed by atoms with Gasteiger partial charge in [0.15, 0.2) is 0 Å². The Bertz CT molecular complexity index is 159. The van der Waals surface area contributed by atoms with E-state index in [1.54, 1.807) is 0 Å². The van der Waals surface area contributed by atoms with Crippen LogP contribution in [0.15, 0.2) is 0 Å². The van der Waals surface area contributed by atoms with Crippen LogP contribution in [0, 0.1) is 22.7 Å². The third-order valence-corrected chi connectivity index (χ3v) is 3.82. The molecule has 0 aromatic carbocycles. The van der Waals surface area contributed by atoms with E-state index in [9.17, 15) is 0 Å². The lowest BCUT2D eigenvalue weighted by molar-refractivity contribution is 0.228. The molecular weight excluding hydrogens is 144 g/mol. The largest absolute Gasteiger partial charge is 0.0649 e. The summed E-state index contributed by atoms with van der Waals surface area (Å²) in [6.07, 6.45) is 2.79. The van der Waals surface area contributed by atoms with Crippen LogP contribution >= 0.6 is 0 Å². The minimum absolute atomic E-state index is 0.539. The van der Waals surface area contributed by atoms with Gasteiger partial charge in [0.2, 0.25) is 0 Å². The van der Waals surface area contributed by atoms with Crippen LogP contribution in [-0.4, -0.2) is 0 Å². The molecule has 1 rings (SSSR count). The molecule has 0 heteroatoms. The number of hydrogen-bond donors (Lipinski definition) is 0. The van der Waals surface area contributed by atoms with Crippen LogP contribution in [-0.2, 0) is 0 Å². The highest BCUT2D eigenvalue weighted by Gasteiger charge is 2.51. The quantitative estimate of drug-likeness (QED) is 0.582. The van der Waals surface area contributed by atoms with E-state index in [2.05, 4.69) is 41.5 Å². The van der Waals surface area contributed by atoms with Crippen molar-refractivity contribution in [2.75, 3.05) is 0 Å². The zero-order valence-electron chi connectivity index (χ0n) is 9.57. The summed E-state index contributed by atoms with van der Waals surface area (Å²) in [6.45, 7) is 14.3. The van der Waals surface area contributed by atoms with Crippen LogP contribution in [0.4, 0.5) is 0 Å². The van der Waals surface area contributed by atoms with Crippen molar-refractivity contribution in [2.24, 2.45) is 22.7 Å². The zero-order valence-corrected chi connectivity index (χ0v) is 9.57. The molecule has 1 saturated carbocycles.